The zero-order valence-electron chi connectivity index (χ0n) is 12.9. The summed E-state index contributed by atoms with van der Waals surface area (Å²) in [7, 11) is 1.78. The van der Waals surface area contributed by atoms with Gasteiger partial charge in [0, 0.05) is 24.4 Å². The summed E-state index contributed by atoms with van der Waals surface area (Å²) in [5.74, 6) is 0.868. The van der Waals surface area contributed by atoms with Crippen molar-refractivity contribution in [3.8, 4) is 5.75 Å². The van der Waals surface area contributed by atoms with Gasteiger partial charge >= 0.3 is 0 Å². The molecule has 0 fully saturated rings. The van der Waals surface area contributed by atoms with E-state index >= 15 is 0 Å². The Balaban J connectivity index is 1.54. The lowest BCUT2D eigenvalue weighted by Gasteiger charge is -2.19. The Kier molecular flexibility index (Phi) is 4.79. The summed E-state index contributed by atoms with van der Waals surface area (Å²) in [6.07, 6.45) is 4.20. The Bertz CT molecular complexity index is 698. The van der Waals surface area contributed by atoms with Crippen LogP contribution >= 0.6 is 11.3 Å². The maximum absolute atomic E-state index is 12.2. The van der Waals surface area contributed by atoms with E-state index in [2.05, 4.69) is 6.07 Å². The summed E-state index contributed by atoms with van der Waals surface area (Å²) < 4.78 is 5.86. The zero-order valence-corrected chi connectivity index (χ0v) is 13.8. The molecule has 23 heavy (non-hydrogen) atoms. The molecule has 0 saturated heterocycles. The number of hydrogen-bond acceptors (Lipinski definition) is 4. The second kappa shape index (κ2) is 6.98. The van der Waals surface area contributed by atoms with Gasteiger partial charge in [-0.3, -0.25) is 4.79 Å². The van der Waals surface area contributed by atoms with Gasteiger partial charge in [0.1, 0.15) is 11.9 Å². The maximum Gasteiger partial charge on any atom is 0.246 e. The second-order valence-electron chi connectivity index (χ2n) is 5.62. The molecule has 0 saturated carbocycles. The number of para-hydroxylation sites is 1. The van der Waals surface area contributed by atoms with E-state index in [-0.39, 0.29) is 18.6 Å². The topological polar surface area (TPSA) is 49.8 Å². The number of ether oxygens (including phenoxy) is 1. The van der Waals surface area contributed by atoms with Crippen molar-refractivity contribution >= 4 is 23.3 Å². The SMILES string of the molecule is CN(CC1Cc2ccccc2O1)C(=O)/C=C/c1cc(CO)cs1. The predicted octanol–water partition coefficient (Wildman–Crippen LogP) is 2.72. The Morgan fingerprint density at radius 1 is 1.48 bits per heavy atom. The van der Waals surface area contributed by atoms with E-state index in [1.165, 1.54) is 16.9 Å². The minimum Gasteiger partial charge on any atom is -0.488 e. The quantitative estimate of drug-likeness (QED) is 0.858. The van der Waals surface area contributed by atoms with Crippen molar-refractivity contribution < 1.29 is 14.6 Å². The lowest BCUT2D eigenvalue weighted by Crippen LogP contribution is -2.35. The Labute approximate surface area is 139 Å². The number of carbonyl (C=O) groups is 1. The third kappa shape index (κ3) is 3.81. The molecule has 120 valence electrons. The van der Waals surface area contributed by atoms with Crippen LogP contribution in [0, 0.1) is 0 Å². The zero-order chi connectivity index (χ0) is 16.2. The van der Waals surface area contributed by atoms with Crippen molar-refractivity contribution in [2.24, 2.45) is 0 Å². The van der Waals surface area contributed by atoms with Crippen molar-refractivity contribution in [2.45, 2.75) is 19.1 Å². The summed E-state index contributed by atoms with van der Waals surface area (Å²) >= 11 is 1.51. The van der Waals surface area contributed by atoms with Gasteiger partial charge in [-0.15, -0.1) is 11.3 Å². The molecule has 1 aromatic carbocycles. The first-order valence-corrected chi connectivity index (χ1v) is 8.39. The van der Waals surface area contributed by atoms with Crippen LogP contribution in [0.4, 0.5) is 0 Å². The first kappa shape index (κ1) is 15.8. The summed E-state index contributed by atoms with van der Waals surface area (Å²) in [6.45, 7) is 0.585. The molecule has 0 spiro atoms. The van der Waals surface area contributed by atoms with Crippen LogP contribution in [0.3, 0.4) is 0 Å². The van der Waals surface area contributed by atoms with Crippen molar-refractivity contribution in [3.63, 3.8) is 0 Å². The van der Waals surface area contributed by atoms with Crippen molar-refractivity contribution in [1.29, 1.82) is 0 Å². The largest absolute Gasteiger partial charge is 0.488 e. The highest BCUT2D eigenvalue weighted by Crippen LogP contribution is 2.28. The molecule has 4 nitrogen and oxygen atoms in total. The minimum atomic E-state index is -0.0523. The standard InChI is InChI=1S/C18H19NO3S/c1-19(10-15-9-14-4-2-3-5-17(14)22-15)18(21)7-6-16-8-13(11-20)12-23-16/h2-8,12,15,20H,9-11H2,1H3/b7-6+. The lowest BCUT2D eigenvalue weighted by molar-refractivity contribution is -0.125. The third-order valence-corrected chi connectivity index (χ3v) is 4.76. The number of aliphatic hydroxyl groups excluding tert-OH is 1. The molecular formula is C18H19NO3S. The van der Waals surface area contributed by atoms with Crippen molar-refractivity contribution in [1.82, 2.24) is 4.90 Å². The van der Waals surface area contributed by atoms with E-state index in [0.29, 0.717) is 6.54 Å². The molecule has 1 N–H and O–H groups in total. The van der Waals surface area contributed by atoms with E-state index in [0.717, 1.165) is 22.6 Å². The van der Waals surface area contributed by atoms with E-state index in [9.17, 15) is 4.79 Å². The first-order valence-electron chi connectivity index (χ1n) is 7.51. The molecule has 1 amide bonds. The van der Waals surface area contributed by atoms with Crippen LogP contribution in [0.25, 0.3) is 6.08 Å². The highest BCUT2D eigenvalue weighted by Gasteiger charge is 2.24. The smallest absolute Gasteiger partial charge is 0.246 e. The lowest BCUT2D eigenvalue weighted by atomic mass is 10.1. The van der Waals surface area contributed by atoms with Crippen LogP contribution in [0.5, 0.6) is 5.75 Å². The number of thiophene rings is 1. The van der Waals surface area contributed by atoms with Crippen LogP contribution in [0.1, 0.15) is 16.0 Å². The maximum atomic E-state index is 12.2. The van der Waals surface area contributed by atoms with Gasteiger partial charge in [0.25, 0.3) is 0 Å². The van der Waals surface area contributed by atoms with Crippen molar-refractivity contribution in [2.75, 3.05) is 13.6 Å². The number of benzene rings is 1. The first-order chi connectivity index (χ1) is 11.2. The number of hydrogen-bond donors (Lipinski definition) is 1. The average Bonchev–Trinajstić information content (AvgIpc) is 3.18. The minimum absolute atomic E-state index is 0.0116. The van der Waals surface area contributed by atoms with Crippen LogP contribution in [0.15, 0.2) is 41.8 Å². The Hall–Kier alpha value is -2.11. The number of fused-ring (bicyclic) bond motifs is 1. The fourth-order valence-corrected chi connectivity index (χ4v) is 3.39. The van der Waals surface area contributed by atoms with E-state index in [4.69, 9.17) is 9.84 Å². The Morgan fingerprint density at radius 2 is 2.30 bits per heavy atom. The molecule has 2 aromatic rings. The van der Waals surface area contributed by atoms with E-state index in [1.807, 2.05) is 29.6 Å². The fourth-order valence-electron chi connectivity index (χ4n) is 2.60. The highest BCUT2D eigenvalue weighted by atomic mass is 32.1. The molecule has 1 aromatic heterocycles. The molecule has 0 radical (unpaired) electrons. The molecule has 1 aliphatic rings. The van der Waals surface area contributed by atoms with Gasteiger partial charge in [0.2, 0.25) is 5.91 Å². The second-order valence-corrected chi connectivity index (χ2v) is 6.56. The van der Waals surface area contributed by atoms with Crippen molar-refractivity contribution in [3.05, 3.63) is 57.8 Å². The molecule has 3 rings (SSSR count). The van der Waals surface area contributed by atoms with Gasteiger partial charge in [-0.25, -0.2) is 0 Å². The van der Waals surface area contributed by atoms with E-state index in [1.54, 1.807) is 24.1 Å². The van der Waals surface area contributed by atoms with Gasteiger partial charge < -0.3 is 14.7 Å². The highest BCUT2D eigenvalue weighted by molar-refractivity contribution is 7.11. The van der Waals surface area contributed by atoms with Crippen LogP contribution in [-0.4, -0.2) is 35.6 Å². The molecule has 0 bridgehead atoms. The van der Waals surface area contributed by atoms with Gasteiger partial charge in [0.05, 0.1) is 13.2 Å². The van der Waals surface area contributed by atoms with Gasteiger partial charge in [-0.1, -0.05) is 18.2 Å². The summed E-state index contributed by atoms with van der Waals surface area (Å²) in [6, 6.07) is 9.87. The number of aliphatic hydroxyl groups is 1. The third-order valence-electron chi connectivity index (χ3n) is 3.81. The molecule has 1 aliphatic heterocycles. The fraction of sp³-hybridized carbons (Fsp3) is 0.278. The number of carbonyl (C=O) groups excluding carboxylic acids is 1. The van der Waals surface area contributed by atoms with Gasteiger partial charge in [-0.05, 0) is 34.7 Å². The molecule has 1 atom stereocenters. The summed E-state index contributed by atoms with van der Waals surface area (Å²) in [4.78, 5) is 14.8. The Morgan fingerprint density at radius 3 is 3.04 bits per heavy atom. The summed E-state index contributed by atoms with van der Waals surface area (Å²) in [5, 5.41) is 10.9. The number of amides is 1. The molecule has 5 heteroatoms. The average molecular weight is 329 g/mol. The normalized spacial score (nSPS) is 16.3. The number of likely N-dealkylation sites (N-methyl/N-ethyl adjacent to an activating group) is 1. The summed E-state index contributed by atoms with van der Waals surface area (Å²) in [5.41, 5.74) is 2.07. The monoisotopic (exact) mass is 329 g/mol. The molecular weight excluding hydrogens is 310 g/mol. The van der Waals surface area contributed by atoms with Gasteiger partial charge in [-0.2, -0.15) is 0 Å². The van der Waals surface area contributed by atoms with Crippen LogP contribution < -0.4 is 4.74 Å². The van der Waals surface area contributed by atoms with E-state index < -0.39 is 0 Å². The number of rotatable bonds is 5. The molecule has 1 unspecified atom stereocenters. The van der Waals surface area contributed by atoms with Gasteiger partial charge in [0.15, 0.2) is 0 Å². The number of nitrogens with zero attached hydrogens (tertiary/aromatic N) is 1. The predicted molar refractivity (Wildman–Crippen MR) is 91.5 cm³/mol. The molecule has 2 heterocycles. The molecule has 0 aliphatic carbocycles. The van der Waals surface area contributed by atoms with Crippen LogP contribution in [-0.2, 0) is 17.8 Å². The van der Waals surface area contributed by atoms with Crippen LogP contribution in [0.2, 0.25) is 0 Å².